The number of H-pyrrole nitrogens is 1. The molecular weight excluding hydrogens is 210 g/mol. The van der Waals surface area contributed by atoms with Crippen molar-refractivity contribution in [3.05, 3.63) is 5.82 Å². The Kier molecular flexibility index (Phi) is 3.04. The maximum absolute atomic E-state index is 11.7. The van der Waals surface area contributed by atoms with Crippen molar-refractivity contribution in [1.82, 2.24) is 20.5 Å². The summed E-state index contributed by atoms with van der Waals surface area (Å²) in [5.41, 5.74) is 5.31. The first-order valence-corrected chi connectivity index (χ1v) is 5.20. The predicted molar refractivity (Wildman–Crippen MR) is 56.7 cm³/mol. The summed E-state index contributed by atoms with van der Waals surface area (Å²) >= 11 is 0. The number of nitrogens with zero attached hydrogens (tertiary/aromatic N) is 2. The van der Waals surface area contributed by atoms with E-state index in [1.807, 2.05) is 0 Å². The summed E-state index contributed by atoms with van der Waals surface area (Å²) < 4.78 is 5.23. The Balaban J connectivity index is 1.89. The molecule has 1 aromatic rings. The Morgan fingerprint density at radius 1 is 1.62 bits per heavy atom. The maximum atomic E-state index is 11.7. The zero-order valence-corrected chi connectivity index (χ0v) is 9.06. The standard InChI is InChI=1S/C9H15N5O2/c1-16-6-3-2-5(4-6)11-8(15)7-12-9(10)14-13-7/h5-6H,2-4H2,1H3,(H,11,15)(H3,10,12,13,14). The number of carbonyl (C=O) groups excluding carboxylic acids is 1. The summed E-state index contributed by atoms with van der Waals surface area (Å²) in [6, 6.07) is 0.142. The number of rotatable bonds is 3. The van der Waals surface area contributed by atoms with E-state index in [1.54, 1.807) is 7.11 Å². The van der Waals surface area contributed by atoms with Crippen LogP contribution >= 0.6 is 0 Å². The number of anilines is 1. The second-order valence-corrected chi connectivity index (χ2v) is 3.88. The molecule has 4 N–H and O–H groups in total. The zero-order valence-electron chi connectivity index (χ0n) is 9.06. The van der Waals surface area contributed by atoms with Gasteiger partial charge in [-0.05, 0) is 19.3 Å². The van der Waals surface area contributed by atoms with Gasteiger partial charge in [-0.3, -0.25) is 9.89 Å². The Bertz CT molecular complexity index is 378. The number of methoxy groups -OCH3 is 1. The van der Waals surface area contributed by atoms with Gasteiger partial charge in [0.05, 0.1) is 6.10 Å². The molecule has 88 valence electrons. The number of hydrogen-bond donors (Lipinski definition) is 3. The molecule has 0 radical (unpaired) electrons. The number of hydrogen-bond acceptors (Lipinski definition) is 5. The molecule has 0 saturated heterocycles. The second kappa shape index (κ2) is 4.48. The van der Waals surface area contributed by atoms with E-state index in [4.69, 9.17) is 10.5 Å². The molecular formula is C9H15N5O2. The zero-order chi connectivity index (χ0) is 11.5. The number of amides is 1. The molecule has 2 unspecified atom stereocenters. The van der Waals surface area contributed by atoms with Crippen LogP contribution in [-0.2, 0) is 4.74 Å². The lowest BCUT2D eigenvalue weighted by atomic mass is 10.2. The summed E-state index contributed by atoms with van der Waals surface area (Å²) in [6.07, 6.45) is 2.98. The molecule has 1 saturated carbocycles. The molecule has 1 fully saturated rings. The number of nitrogens with one attached hydrogen (secondary N) is 2. The van der Waals surface area contributed by atoms with Gasteiger partial charge in [0.15, 0.2) is 0 Å². The fourth-order valence-corrected chi connectivity index (χ4v) is 1.92. The summed E-state index contributed by atoms with van der Waals surface area (Å²) in [7, 11) is 1.69. The molecule has 0 aromatic carbocycles. The monoisotopic (exact) mass is 225 g/mol. The van der Waals surface area contributed by atoms with Gasteiger partial charge in [0.25, 0.3) is 5.91 Å². The Labute approximate surface area is 92.8 Å². The van der Waals surface area contributed by atoms with E-state index in [0.717, 1.165) is 19.3 Å². The first kappa shape index (κ1) is 10.9. The van der Waals surface area contributed by atoms with Crippen molar-refractivity contribution in [1.29, 1.82) is 0 Å². The van der Waals surface area contributed by atoms with Crippen molar-refractivity contribution >= 4 is 11.9 Å². The molecule has 1 aliphatic rings. The highest BCUT2D eigenvalue weighted by atomic mass is 16.5. The van der Waals surface area contributed by atoms with Crippen molar-refractivity contribution in [2.45, 2.75) is 31.4 Å². The van der Waals surface area contributed by atoms with Crippen LogP contribution in [0.15, 0.2) is 0 Å². The molecule has 16 heavy (non-hydrogen) atoms. The first-order valence-electron chi connectivity index (χ1n) is 5.20. The van der Waals surface area contributed by atoms with Gasteiger partial charge in [-0.1, -0.05) is 0 Å². The van der Waals surface area contributed by atoms with Crippen LogP contribution in [0.5, 0.6) is 0 Å². The van der Waals surface area contributed by atoms with Crippen molar-refractivity contribution in [3.63, 3.8) is 0 Å². The SMILES string of the molecule is COC1CCC(NC(=O)c2nc(N)n[nH]2)C1. The highest BCUT2D eigenvalue weighted by Crippen LogP contribution is 2.21. The number of nitrogen functional groups attached to an aromatic ring is 1. The van der Waals surface area contributed by atoms with Gasteiger partial charge in [-0.15, -0.1) is 5.10 Å². The van der Waals surface area contributed by atoms with Crippen LogP contribution in [0.4, 0.5) is 5.95 Å². The summed E-state index contributed by atoms with van der Waals surface area (Å²) in [5.74, 6) is -0.0457. The molecule has 1 aliphatic carbocycles. The Hall–Kier alpha value is -1.63. The minimum absolute atomic E-state index is 0.0753. The van der Waals surface area contributed by atoms with E-state index >= 15 is 0 Å². The first-order chi connectivity index (χ1) is 7.69. The quantitative estimate of drug-likeness (QED) is 0.654. The molecule has 1 aromatic heterocycles. The lowest BCUT2D eigenvalue weighted by Gasteiger charge is -2.11. The van der Waals surface area contributed by atoms with Crippen LogP contribution in [0.2, 0.25) is 0 Å². The van der Waals surface area contributed by atoms with Gasteiger partial charge >= 0.3 is 0 Å². The molecule has 7 nitrogen and oxygen atoms in total. The van der Waals surface area contributed by atoms with Crippen LogP contribution in [0.3, 0.4) is 0 Å². The molecule has 0 spiro atoms. The van der Waals surface area contributed by atoms with Crippen molar-refractivity contribution in [2.75, 3.05) is 12.8 Å². The van der Waals surface area contributed by atoms with Gasteiger partial charge in [0.2, 0.25) is 11.8 Å². The van der Waals surface area contributed by atoms with Crippen LogP contribution in [0.25, 0.3) is 0 Å². The highest BCUT2D eigenvalue weighted by Gasteiger charge is 2.26. The van der Waals surface area contributed by atoms with Crippen molar-refractivity contribution in [3.8, 4) is 0 Å². The van der Waals surface area contributed by atoms with E-state index in [1.165, 1.54) is 0 Å². The Morgan fingerprint density at radius 2 is 2.44 bits per heavy atom. The minimum atomic E-state index is -0.272. The van der Waals surface area contributed by atoms with Gasteiger partial charge in [0.1, 0.15) is 0 Å². The van der Waals surface area contributed by atoms with Crippen LogP contribution < -0.4 is 11.1 Å². The number of carbonyl (C=O) groups is 1. The van der Waals surface area contributed by atoms with E-state index in [-0.39, 0.29) is 29.8 Å². The van der Waals surface area contributed by atoms with E-state index < -0.39 is 0 Å². The summed E-state index contributed by atoms with van der Waals surface area (Å²) in [6.45, 7) is 0. The largest absolute Gasteiger partial charge is 0.381 e. The topological polar surface area (TPSA) is 106 Å². The normalized spacial score (nSPS) is 24.6. The number of aromatic nitrogens is 3. The number of nitrogens with two attached hydrogens (primary N) is 1. The van der Waals surface area contributed by atoms with Gasteiger partial charge in [-0.25, -0.2) is 0 Å². The van der Waals surface area contributed by atoms with Crippen LogP contribution in [0, 0.1) is 0 Å². The van der Waals surface area contributed by atoms with E-state index in [2.05, 4.69) is 20.5 Å². The maximum Gasteiger partial charge on any atom is 0.288 e. The molecule has 1 amide bonds. The fourth-order valence-electron chi connectivity index (χ4n) is 1.92. The van der Waals surface area contributed by atoms with E-state index in [9.17, 15) is 4.79 Å². The molecule has 0 bridgehead atoms. The predicted octanol–water partition coefficient (Wildman–Crippen LogP) is -0.316. The summed E-state index contributed by atoms with van der Waals surface area (Å²) in [4.78, 5) is 15.4. The van der Waals surface area contributed by atoms with E-state index in [0.29, 0.717) is 0 Å². The smallest absolute Gasteiger partial charge is 0.288 e. The number of aromatic amines is 1. The third-order valence-electron chi connectivity index (χ3n) is 2.77. The minimum Gasteiger partial charge on any atom is -0.381 e. The molecule has 2 rings (SSSR count). The third-order valence-corrected chi connectivity index (χ3v) is 2.77. The Morgan fingerprint density at radius 3 is 3.00 bits per heavy atom. The average molecular weight is 225 g/mol. The second-order valence-electron chi connectivity index (χ2n) is 3.88. The molecule has 7 heteroatoms. The molecule has 2 atom stereocenters. The number of ether oxygens (including phenoxy) is 1. The average Bonchev–Trinajstić information content (AvgIpc) is 2.87. The molecule has 1 heterocycles. The lowest BCUT2D eigenvalue weighted by Crippen LogP contribution is -2.34. The lowest BCUT2D eigenvalue weighted by molar-refractivity contribution is 0.0906. The molecule has 0 aliphatic heterocycles. The highest BCUT2D eigenvalue weighted by molar-refractivity contribution is 5.90. The van der Waals surface area contributed by atoms with Crippen molar-refractivity contribution < 1.29 is 9.53 Å². The van der Waals surface area contributed by atoms with Crippen molar-refractivity contribution in [2.24, 2.45) is 0 Å². The van der Waals surface area contributed by atoms with Gasteiger partial charge in [-0.2, -0.15) is 4.98 Å². The van der Waals surface area contributed by atoms with Crippen LogP contribution in [-0.4, -0.2) is 40.3 Å². The fraction of sp³-hybridized carbons (Fsp3) is 0.667. The summed E-state index contributed by atoms with van der Waals surface area (Å²) in [5, 5.41) is 8.94. The van der Waals surface area contributed by atoms with Gasteiger partial charge in [0, 0.05) is 13.2 Å². The van der Waals surface area contributed by atoms with Crippen LogP contribution in [0.1, 0.15) is 29.9 Å². The third kappa shape index (κ3) is 2.30. The van der Waals surface area contributed by atoms with Gasteiger partial charge < -0.3 is 15.8 Å².